The molecule has 0 saturated heterocycles. The van der Waals surface area contributed by atoms with Gasteiger partial charge in [0, 0.05) is 18.2 Å². The third kappa shape index (κ3) is 4.75. The summed E-state index contributed by atoms with van der Waals surface area (Å²) in [6.45, 7) is 0.170. The second kappa shape index (κ2) is 9.24. The number of hydrogen-bond donors (Lipinski definition) is 2. The summed E-state index contributed by atoms with van der Waals surface area (Å²) in [5.74, 6) is 2.50. The van der Waals surface area contributed by atoms with E-state index in [2.05, 4.69) is 5.32 Å². The Kier molecular flexibility index (Phi) is 6.50. The van der Waals surface area contributed by atoms with E-state index in [0.29, 0.717) is 40.1 Å². The van der Waals surface area contributed by atoms with Gasteiger partial charge in [-0.15, -0.1) is 0 Å². The summed E-state index contributed by atoms with van der Waals surface area (Å²) in [5, 5.41) is 12.8. The quantitative estimate of drug-likeness (QED) is 0.648. The molecule has 29 heavy (non-hydrogen) atoms. The van der Waals surface area contributed by atoms with Gasteiger partial charge in [-0.1, -0.05) is 0 Å². The molecule has 1 atom stereocenters. The Bertz CT molecular complexity index is 845. The highest BCUT2D eigenvalue weighted by atomic mass is 16.7. The Hall–Kier alpha value is -3.33. The van der Waals surface area contributed by atoms with Gasteiger partial charge in [-0.05, 0) is 24.3 Å². The third-order valence-corrected chi connectivity index (χ3v) is 4.21. The summed E-state index contributed by atoms with van der Waals surface area (Å²) in [6.07, 6.45) is -0.911. The van der Waals surface area contributed by atoms with E-state index >= 15 is 0 Å². The molecule has 0 spiro atoms. The summed E-state index contributed by atoms with van der Waals surface area (Å²) in [7, 11) is 4.42. The molecule has 0 aliphatic carbocycles. The van der Waals surface area contributed by atoms with Gasteiger partial charge in [0.15, 0.2) is 23.0 Å². The van der Waals surface area contributed by atoms with E-state index in [-0.39, 0.29) is 19.9 Å². The minimum atomic E-state index is -0.911. The van der Waals surface area contributed by atoms with Crippen LogP contribution in [0.15, 0.2) is 30.3 Å². The summed E-state index contributed by atoms with van der Waals surface area (Å²) >= 11 is 0. The van der Waals surface area contributed by atoms with E-state index < -0.39 is 12.0 Å². The van der Waals surface area contributed by atoms with Crippen molar-refractivity contribution in [2.45, 2.75) is 6.10 Å². The van der Waals surface area contributed by atoms with Crippen LogP contribution in [0.4, 0.5) is 0 Å². The van der Waals surface area contributed by atoms with Crippen molar-refractivity contribution in [2.75, 3.05) is 41.3 Å². The second-order valence-electron chi connectivity index (χ2n) is 6.10. The van der Waals surface area contributed by atoms with Crippen LogP contribution in [0, 0.1) is 0 Å². The first-order valence-corrected chi connectivity index (χ1v) is 8.84. The molecule has 9 nitrogen and oxygen atoms in total. The number of hydrogen-bond acceptors (Lipinski definition) is 8. The lowest BCUT2D eigenvalue weighted by molar-refractivity contribution is 0.0843. The highest BCUT2D eigenvalue weighted by molar-refractivity contribution is 5.95. The molecule has 1 heterocycles. The SMILES string of the molecule is COc1cc(C(=O)NCC(O)COc2ccc3c(c2)OCO3)cc(OC)c1OC. The fourth-order valence-electron chi connectivity index (χ4n) is 2.74. The molecule has 0 fully saturated rings. The Morgan fingerprint density at radius 1 is 1.07 bits per heavy atom. The first kappa shape index (κ1) is 20.4. The van der Waals surface area contributed by atoms with Crippen molar-refractivity contribution < 1.29 is 38.3 Å². The van der Waals surface area contributed by atoms with Crippen LogP contribution in [0.5, 0.6) is 34.5 Å². The number of aliphatic hydroxyl groups excluding tert-OH is 1. The van der Waals surface area contributed by atoms with Gasteiger partial charge in [-0.3, -0.25) is 4.79 Å². The molecular weight excluding hydrogens is 382 g/mol. The lowest BCUT2D eigenvalue weighted by Crippen LogP contribution is -2.35. The average Bonchev–Trinajstić information content (AvgIpc) is 3.22. The van der Waals surface area contributed by atoms with Crippen LogP contribution >= 0.6 is 0 Å². The third-order valence-electron chi connectivity index (χ3n) is 4.21. The van der Waals surface area contributed by atoms with Crippen LogP contribution in [-0.2, 0) is 0 Å². The van der Waals surface area contributed by atoms with Crippen molar-refractivity contribution in [1.82, 2.24) is 5.32 Å². The smallest absolute Gasteiger partial charge is 0.251 e. The van der Waals surface area contributed by atoms with Gasteiger partial charge in [0.1, 0.15) is 18.5 Å². The number of aliphatic hydroxyl groups is 1. The molecule has 156 valence electrons. The zero-order chi connectivity index (χ0) is 20.8. The topological polar surface area (TPSA) is 105 Å². The van der Waals surface area contributed by atoms with Crippen molar-refractivity contribution in [1.29, 1.82) is 0 Å². The lowest BCUT2D eigenvalue weighted by atomic mass is 10.1. The molecular formula is C20H23NO8. The molecule has 2 aromatic carbocycles. The Morgan fingerprint density at radius 3 is 2.41 bits per heavy atom. The highest BCUT2D eigenvalue weighted by Crippen LogP contribution is 2.38. The molecule has 1 amide bonds. The van der Waals surface area contributed by atoms with E-state index in [1.54, 1.807) is 18.2 Å². The van der Waals surface area contributed by atoms with Gasteiger partial charge < -0.3 is 38.8 Å². The van der Waals surface area contributed by atoms with Crippen LogP contribution in [0.25, 0.3) is 0 Å². The number of ether oxygens (including phenoxy) is 6. The van der Waals surface area contributed by atoms with Gasteiger partial charge in [-0.2, -0.15) is 0 Å². The molecule has 0 radical (unpaired) electrons. The van der Waals surface area contributed by atoms with Crippen LogP contribution in [0.3, 0.4) is 0 Å². The van der Waals surface area contributed by atoms with E-state index in [1.165, 1.54) is 33.5 Å². The van der Waals surface area contributed by atoms with Gasteiger partial charge in [-0.25, -0.2) is 0 Å². The normalized spacial score (nSPS) is 12.8. The molecule has 1 aliphatic rings. The van der Waals surface area contributed by atoms with Crippen LogP contribution < -0.4 is 33.7 Å². The van der Waals surface area contributed by atoms with E-state index in [0.717, 1.165) is 0 Å². The number of rotatable bonds is 9. The average molecular weight is 405 g/mol. The first-order valence-electron chi connectivity index (χ1n) is 8.84. The van der Waals surface area contributed by atoms with Crippen molar-refractivity contribution in [3.63, 3.8) is 0 Å². The zero-order valence-electron chi connectivity index (χ0n) is 16.4. The minimum absolute atomic E-state index is 0.0000450. The molecule has 9 heteroatoms. The number of carbonyl (C=O) groups is 1. The molecule has 2 N–H and O–H groups in total. The first-order chi connectivity index (χ1) is 14.0. The van der Waals surface area contributed by atoms with Gasteiger partial charge in [0.05, 0.1) is 21.3 Å². The maximum atomic E-state index is 12.4. The van der Waals surface area contributed by atoms with E-state index in [1.807, 2.05) is 0 Å². The predicted molar refractivity (Wildman–Crippen MR) is 102 cm³/mol. The highest BCUT2D eigenvalue weighted by Gasteiger charge is 2.18. The molecule has 1 aliphatic heterocycles. The predicted octanol–water partition coefficient (Wildman–Crippen LogP) is 1.61. The van der Waals surface area contributed by atoms with Crippen molar-refractivity contribution >= 4 is 5.91 Å². The summed E-state index contributed by atoms with van der Waals surface area (Å²) < 4.78 is 31.8. The number of carbonyl (C=O) groups excluding carboxylic acids is 1. The molecule has 0 saturated carbocycles. The molecule has 0 bridgehead atoms. The Morgan fingerprint density at radius 2 is 1.76 bits per heavy atom. The van der Waals surface area contributed by atoms with Crippen molar-refractivity contribution in [2.24, 2.45) is 0 Å². The lowest BCUT2D eigenvalue weighted by Gasteiger charge is -2.16. The Balaban J connectivity index is 1.54. The molecule has 3 rings (SSSR count). The molecule has 2 aromatic rings. The standard InChI is InChI=1S/C20H23NO8/c1-24-17-6-12(7-18(25-2)19(17)26-3)20(23)21-9-13(22)10-27-14-4-5-15-16(8-14)29-11-28-15/h4-8,13,22H,9-11H2,1-3H3,(H,21,23). The monoisotopic (exact) mass is 405 g/mol. The van der Waals surface area contributed by atoms with E-state index in [9.17, 15) is 9.90 Å². The van der Waals surface area contributed by atoms with Crippen LogP contribution in [0.1, 0.15) is 10.4 Å². The number of nitrogens with one attached hydrogen (secondary N) is 1. The van der Waals surface area contributed by atoms with Crippen molar-refractivity contribution in [3.8, 4) is 34.5 Å². The molecule has 0 aromatic heterocycles. The van der Waals surface area contributed by atoms with Gasteiger partial charge in [0.2, 0.25) is 12.5 Å². The van der Waals surface area contributed by atoms with Gasteiger partial charge >= 0.3 is 0 Å². The largest absolute Gasteiger partial charge is 0.493 e. The number of methoxy groups -OCH3 is 3. The van der Waals surface area contributed by atoms with Crippen LogP contribution in [-0.4, -0.2) is 58.4 Å². The summed E-state index contributed by atoms with van der Waals surface area (Å²) in [4.78, 5) is 12.4. The van der Waals surface area contributed by atoms with Gasteiger partial charge in [0.25, 0.3) is 5.91 Å². The fourth-order valence-corrected chi connectivity index (χ4v) is 2.74. The maximum Gasteiger partial charge on any atom is 0.251 e. The fraction of sp³-hybridized carbons (Fsp3) is 0.350. The van der Waals surface area contributed by atoms with Crippen LogP contribution in [0.2, 0.25) is 0 Å². The minimum Gasteiger partial charge on any atom is -0.493 e. The summed E-state index contributed by atoms with van der Waals surface area (Å²) in [6, 6.07) is 8.20. The number of benzene rings is 2. The zero-order valence-corrected chi connectivity index (χ0v) is 16.4. The Labute approximate surface area is 168 Å². The van der Waals surface area contributed by atoms with E-state index in [4.69, 9.17) is 28.4 Å². The van der Waals surface area contributed by atoms with Crippen molar-refractivity contribution in [3.05, 3.63) is 35.9 Å². The number of amides is 1. The second-order valence-corrected chi connectivity index (χ2v) is 6.10. The maximum absolute atomic E-state index is 12.4. The summed E-state index contributed by atoms with van der Waals surface area (Å²) in [5.41, 5.74) is 0.309. The number of fused-ring (bicyclic) bond motifs is 1. The molecule has 1 unspecified atom stereocenters.